The number of non-ortho nitro benzene ring substituents is 1. The average Bonchev–Trinajstić information content (AvgIpc) is 3.10. The van der Waals surface area contributed by atoms with Crippen LogP contribution in [0.5, 0.6) is 11.5 Å². The first-order valence-electron chi connectivity index (χ1n) is 11.1. The van der Waals surface area contributed by atoms with E-state index in [0.29, 0.717) is 30.1 Å². The fourth-order valence-corrected chi connectivity index (χ4v) is 3.96. The lowest BCUT2D eigenvalue weighted by Crippen LogP contribution is -2.31. The molecule has 2 aromatic rings. The number of ketones is 1. The Morgan fingerprint density at radius 1 is 1.14 bits per heavy atom. The van der Waals surface area contributed by atoms with Crippen LogP contribution in [0.4, 0.5) is 5.69 Å². The fraction of sp³-hybridized carbons (Fsp3) is 0.360. The number of hydrogen-bond donors (Lipinski definition) is 1. The summed E-state index contributed by atoms with van der Waals surface area (Å²) >= 11 is 0. The third-order valence-corrected chi connectivity index (χ3v) is 5.60. The lowest BCUT2D eigenvalue weighted by molar-refractivity contribution is -0.384. The number of carbonyl (C=O) groups is 2. The molecule has 1 aliphatic heterocycles. The third kappa shape index (κ3) is 5.43. The summed E-state index contributed by atoms with van der Waals surface area (Å²) in [5.74, 6) is -1.36. The highest BCUT2D eigenvalue weighted by Gasteiger charge is 2.47. The normalized spacial score (nSPS) is 17.2. The van der Waals surface area contributed by atoms with Crippen molar-refractivity contribution in [2.75, 3.05) is 27.4 Å². The van der Waals surface area contributed by atoms with E-state index in [-0.39, 0.29) is 29.5 Å². The smallest absolute Gasteiger partial charge is 0.295 e. The molecule has 3 rings (SSSR count). The molecule has 0 aliphatic carbocycles. The van der Waals surface area contributed by atoms with Crippen LogP contribution >= 0.6 is 0 Å². The number of ether oxygens (including phenoxy) is 3. The van der Waals surface area contributed by atoms with Gasteiger partial charge in [0.05, 0.1) is 36.9 Å². The van der Waals surface area contributed by atoms with Crippen molar-refractivity contribution in [3.05, 3.63) is 69.3 Å². The Bertz CT molecular complexity index is 1160. The Hall–Kier alpha value is -3.92. The quantitative estimate of drug-likeness (QED) is 0.134. The number of nitro groups is 1. The molecule has 186 valence electrons. The number of likely N-dealkylation sites (tertiary alicyclic amines) is 1. The van der Waals surface area contributed by atoms with E-state index < -0.39 is 28.4 Å². The molecule has 0 bridgehead atoms. The Kier molecular flexibility index (Phi) is 8.08. The van der Waals surface area contributed by atoms with Crippen LogP contribution in [0, 0.1) is 10.1 Å². The van der Waals surface area contributed by atoms with E-state index in [9.17, 15) is 24.8 Å². The Balaban J connectivity index is 2.17. The number of carbonyl (C=O) groups excluding carboxylic acids is 2. The van der Waals surface area contributed by atoms with E-state index in [0.717, 1.165) is 6.07 Å². The first kappa shape index (κ1) is 25.7. The van der Waals surface area contributed by atoms with Crippen LogP contribution in [0.25, 0.3) is 5.76 Å². The van der Waals surface area contributed by atoms with Crippen molar-refractivity contribution in [3.8, 4) is 11.5 Å². The Labute approximate surface area is 202 Å². The molecule has 1 amide bonds. The largest absolute Gasteiger partial charge is 0.507 e. The van der Waals surface area contributed by atoms with Crippen molar-refractivity contribution >= 4 is 23.1 Å². The fourth-order valence-electron chi connectivity index (χ4n) is 3.96. The summed E-state index contributed by atoms with van der Waals surface area (Å²) in [6.45, 7) is 4.33. The molecule has 1 atom stereocenters. The van der Waals surface area contributed by atoms with Gasteiger partial charge in [0.15, 0.2) is 0 Å². The Morgan fingerprint density at radius 2 is 1.89 bits per heavy atom. The van der Waals surface area contributed by atoms with Crippen molar-refractivity contribution < 1.29 is 33.8 Å². The topological polar surface area (TPSA) is 128 Å². The van der Waals surface area contributed by atoms with Gasteiger partial charge in [-0.05, 0) is 38.5 Å². The summed E-state index contributed by atoms with van der Waals surface area (Å²) in [4.78, 5) is 38.3. The number of benzene rings is 2. The van der Waals surface area contributed by atoms with Crippen molar-refractivity contribution in [2.24, 2.45) is 0 Å². The molecule has 0 radical (unpaired) electrons. The molecule has 1 aliphatic rings. The number of aliphatic hydroxyl groups is 1. The second-order valence-electron chi connectivity index (χ2n) is 8.18. The molecule has 0 aromatic heterocycles. The van der Waals surface area contributed by atoms with E-state index in [1.54, 1.807) is 18.2 Å². The maximum absolute atomic E-state index is 13.2. The number of hydrogen-bond acceptors (Lipinski definition) is 8. The molecule has 10 nitrogen and oxygen atoms in total. The molecular formula is C25H28N2O8. The highest BCUT2D eigenvalue weighted by molar-refractivity contribution is 6.46. The molecule has 10 heteroatoms. The van der Waals surface area contributed by atoms with Crippen LogP contribution < -0.4 is 9.47 Å². The molecule has 1 fully saturated rings. The lowest BCUT2D eigenvalue weighted by Gasteiger charge is -2.27. The first-order chi connectivity index (χ1) is 16.7. The van der Waals surface area contributed by atoms with Crippen molar-refractivity contribution in [3.63, 3.8) is 0 Å². The van der Waals surface area contributed by atoms with Crippen LogP contribution in [0.2, 0.25) is 0 Å². The summed E-state index contributed by atoms with van der Waals surface area (Å²) in [5.41, 5.74) is 0.0338. The SMILES string of the molecule is COc1ccc(OC)c([C@@H]2C(=C(O)c3cccc([N+](=O)[O-])c3)C(=O)C(=O)N2CCCOC(C)C)c1. The van der Waals surface area contributed by atoms with Crippen molar-refractivity contribution in [1.29, 1.82) is 0 Å². The number of nitrogens with zero attached hydrogens (tertiary/aromatic N) is 2. The summed E-state index contributed by atoms with van der Waals surface area (Å²) in [6, 6.07) is 9.20. The number of methoxy groups -OCH3 is 2. The van der Waals surface area contributed by atoms with Gasteiger partial charge in [-0.15, -0.1) is 0 Å². The molecule has 1 N–H and O–H groups in total. The maximum atomic E-state index is 13.2. The van der Waals surface area contributed by atoms with Gasteiger partial charge < -0.3 is 24.2 Å². The minimum absolute atomic E-state index is 0.00793. The van der Waals surface area contributed by atoms with Crippen LogP contribution in [-0.4, -0.2) is 60.1 Å². The second-order valence-corrected chi connectivity index (χ2v) is 8.18. The summed E-state index contributed by atoms with van der Waals surface area (Å²) in [7, 11) is 2.93. The molecule has 0 unspecified atom stereocenters. The summed E-state index contributed by atoms with van der Waals surface area (Å²) in [5, 5.41) is 22.4. The standard InChI is InChI=1S/C25H28N2O8/c1-15(2)35-12-6-11-26-22(19-14-18(33-3)9-10-20(19)34-4)21(24(29)25(26)30)23(28)16-7-5-8-17(13-16)27(31)32/h5,7-10,13-15,22,28H,6,11-12H2,1-4H3/t22-/m1/s1. The number of aliphatic hydroxyl groups excluding tert-OH is 1. The maximum Gasteiger partial charge on any atom is 0.295 e. The van der Waals surface area contributed by atoms with E-state index >= 15 is 0 Å². The first-order valence-corrected chi connectivity index (χ1v) is 11.1. The Morgan fingerprint density at radius 3 is 2.51 bits per heavy atom. The van der Waals surface area contributed by atoms with Gasteiger partial charge in [0, 0.05) is 36.4 Å². The monoisotopic (exact) mass is 484 g/mol. The average molecular weight is 485 g/mol. The lowest BCUT2D eigenvalue weighted by atomic mass is 9.94. The summed E-state index contributed by atoms with van der Waals surface area (Å²) in [6.07, 6.45) is 0.457. The van der Waals surface area contributed by atoms with Gasteiger partial charge in [-0.25, -0.2) is 0 Å². The van der Waals surface area contributed by atoms with Gasteiger partial charge in [0.25, 0.3) is 17.4 Å². The molecule has 2 aromatic carbocycles. The van der Waals surface area contributed by atoms with E-state index in [1.807, 2.05) is 13.8 Å². The number of rotatable bonds is 10. The van der Waals surface area contributed by atoms with Crippen LogP contribution in [0.1, 0.15) is 37.4 Å². The minimum Gasteiger partial charge on any atom is -0.507 e. The highest BCUT2D eigenvalue weighted by atomic mass is 16.6. The number of Topliss-reactive ketones (excluding diaryl/α,β-unsaturated/α-hetero) is 1. The number of nitro benzene ring substituents is 1. The second kappa shape index (κ2) is 11.0. The van der Waals surface area contributed by atoms with Crippen molar-refractivity contribution in [2.45, 2.75) is 32.4 Å². The van der Waals surface area contributed by atoms with E-state index in [2.05, 4.69) is 0 Å². The van der Waals surface area contributed by atoms with Gasteiger partial charge in [0.2, 0.25) is 0 Å². The predicted octanol–water partition coefficient (Wildman–Crippen LogP) is 3.85. The molecule has 0 spiro atoms. The summed E-state index contributed by atoms with van der Waals surface area (Å²) < 4.78 is 16.4. The molecule has 35 heavy (non-hydrogen) atoms. The van der Waals surface area contributed by atoms with E-state index in [4.69, 9.17) is 14.2 Å². The van der Waals surface area contributed by atoms with Gasteiger partial charge in [-0.1, -0.05) is 12.1 Å². The van der Waals surface area contributed by atoms with Crippen LogP contribution in [0.3, 0.4) is 0 Å². The van der Waals surface area contributed by atoms with Gasteiger partial charge in [-0.2, -0.15) is 0 Å². The van der Waals surface area contributed by atoms with Crippen molar-refractivity contribution in [1.82, 2.24) is 4.90 Å². The molecule has 1 heterocycles. The van der Waals surface area contributed by atoms with Crippen LogP contribution in [-0.2, 0) is 14.3 Å². The highest BCUT2D eigenvalue weighted by Crippen LogP contribution is 2.44. The van der Waals surface area contributed by atoms with E-state index in [1.165, 1.54) is 37.3 Å². The van der Waals surface area contributed by atoms with Gasteiger partial charge in [-0.3, -0.25) is 19.7 Å². The zero-order valence-corrected chi connectivity index (χ0v) is 20.0. The minimum atomic E-state index is -1.00. The van der Waals surface area contributed by atoms with Crippen LogP contribution in [0.15, 0.2) is 48.0 Å². The third-order valence-electron chi connectivity index (χ3n) is 5.60. The zero-order valence-electron chi connectivity index (χ0n) is 20.0. The van der Waals surface area contributed by atoms with Gasteiger partial charge in [0.1, 0.15) is 17.3 Å². The van der Waals surface area contributed by atoms with Gasteiger partial charge >= 0.3 is 0 Å². The molecule has 1 saturated heterocycles. The zero-order chi connectivity index (χ0) is 25.7. The molecular weight excluding hydrogens is 456 g/mol. The predicted molar refractivity (Wildman–Crippen MR) is 127 cm³/mol. The number of amides is 1. The molecule has 0 saturated carbocycles.